The summed E-state index contributed by atoms with van der Waals surface area (Å²) in [6.45, 7) is 0. The molecular formula is C12H15F3N2O. The third-order valence-corrected chi connectivity index (χ3v) is 2.53. The number of rotatable bonds is 5. The number of hydrogen-bond acceptors (Lipinski definition) is 2. The smallest absolute Gasteiger partial charge is 0.389 e. The first-order valence-electron chi connectivity index (χ1n) is 5.56. The van der Waals surface area contributed by atoms with Crippen molar-refractivity contribution >= 4 is 5.84 Å². The molecule has 0 atom stereocenters. The summed E-state index contributed by atoms with van der Waals surface area (Å²) in [5, 5.41) is 11.3. The maximum absolute atomic E-state index is 11.9. The standard InChI is InChI=1S/C12H15F3N2O/c13-12(14,15)8-2-1-3-9-4-6-10(7-5-9)11(16)17-18/h4-7,18H,1-3,8H2,(H2,16,17). The minimum absolute atomic E-state index is 0.0126. The van der Waals surface area contributed by atoms with E-state index in [1.807, 2.05) is 0 Å². The lowest BCUT2D eigenvalue weighted by Gasteiger charge is -2.06. The Labute approximate surface area is 103 Å². The minimum Gasteiger partial charge on any atom is -0.409 e. The Morgan fingerprint density at radius 3 is 2.28 bits per heavy atom. The summed E-state index contributed by atoms with van der Waals surface area (Å²) in [6, 6.07) is 6.88. The monoisotopic (exact) mass is 260 g/mol. The van der Waals surface area contributed by atoms with Crippen LogP contribution in [-0.2, 0) is 6.42 Å². The van der Waals surface area contributed by atoms with Gasteiger partial charge in [-0.05, 0) is 24.8 Å². The van der Waals surface area contributed by atoms with Gasteiger partial charge in [0.1, 0.15) is 0 Å². The van der Waals surface area contributed by atoms with Gasteiger partial charge < -0.3 is 10.9 Å². The van der Waals surface area contributed by atoms with Crippen LogP contribution in [0.5, 0.6) is 0 Å². The fraction of sp³-hybridized carbons (Fsp3) is 0.417. The Kier molecular flexibility index (Phi) is 5.00. The molecule has 0 unspecified atom stereocenters. The molecule has 0 aliphatic carbocycles. The number of unbranched alkanes of at least 4 members (excludes halogenated alkanes) is 1. The van der Waals surface area contributed by atoms with E-state index in [1.165, 1.54) is 0 Å². The van der Waals surface area contributed by atoms with Gasteiger partial charge in [-0.3, -0.25) is 0 Å². The second-order valence-corrected chi connectivity index (χ2v) is 4.00. The zero-order chi connectivity index (χ0) is 13.6. The van der Waals surface area contributed by atoms with Gasteiger partial charge in [-0.1, -0.05) is 29.4 Å². The van der Waals surface area contributed by atoms with E-state index in [9.17, 15) is 13.2 Å². The summed E-state index contributed by atoms with van der Waals surface area (Å²) < 4.78 is 35.7. The molecule has 0 amide bonds. The third-order valence-electron chi connectivity index (χ3n) is 2.53. The van der Waals surface area contributed by atoms with Crippen molar-refractivity contribution in [2.75, 3.05) is 0 Å². The van der Waals surface area contributed by atoms with Gasteiger partial charge in [-0.2, -0.15) is 13.2 Å². The van der Waals surface area contributed by atoms with Crippen LogP contribution in [0, 0.1) is 0 Å². The molecule has 1 rings (SSSR count). The van der Waals surface area contributed by atoms with E-state index in [1.54, 1.807) is 24.3 Å². The van der Waals surface area contributed by atoms with Gasteiger partial charge in [0, 0.05) is 12.0 Å². The van der Waals surface area contributed by atoms with E-state index in [2.05, 4.69) is 5.16 Å². The third kappa shape index (κ3) is 5.07. The van der Waals surface area contributed by atoms with Crippen LogP contribution in [0.15, 0.2) is 29.4 Å². The fourth-order valence-corrected chi connectivity index (χ4v) is 1.55. The average Bonchev–Trinajstić information content (AvgIpc) is 2.33. The molecule has 6 heteroatoms. The van der Waals surface area contributed by atoms with Crippen molar-refractivity contribution in [3.63, 3.8) is 0 Å². The SMILES string of the molecule is NC(=NO)c1ccc(CCCCC(F)(F)F)cc1. The molecule has 3 nitrogen and oxygen atoms in total. The van der Waals surface area contributed by atoms with Crippen LogP contribution in [0.3, 0.4) is 0 Å². The van der Waals surface area contributed by atoms with Crippen LogP contribution in [-0.4, -0.2) is 17.2 Å². The lowest BCUT2D eigenvalue weighted by Crippen LogP contribution is -2.12. The van der Waals surface area contributed by atoms with Crippen molar-refractivity contribution in [3.8, 4) is 0 Å². The highest BCUT2D eigenvalue weighted by atomic mass is 19.4. The summed E-state index contributed by atoms with van der Waals surface area (Å²) in [4.78, 5) is 0. The molecule has 3 N–H and O–H groups in total. The molecular weight excluding hydrogens is 245 g/mol. The summed E-state index contributed by atoms with van der Waals surface area (Å²) in [6.07, 6.45) is -3.61. The molecule has 18 heavy (non-hydrogen) atoms. The normalized spacial score (nSPS) is 12.7. The summed E-state index contributed by atoms with van der Waals surface area (Å²) in [5.74, 6) is 0.0126. The summed E-state index contributed by atoms with van der Waals surface area (Å²) in [5.41, 5.74) is 6.91. The van der Waals surface area contributed by atoms with Crippen LogP contribution in [0.25, 0.3) is 0 Å². The zero-order valence-electron chi connectivity index (χ0n) is 9.74. The Hall–Kier alpha value is -1.72. The molecule has 100 valence electrons. The van der Waals surface area contributed by atoms with Crippen LogP contribution >= 0.6 is 0 Å². The number of hydrogen-bond donors (Lipinski definition) is 2. The molecule has 1 aromatic rings. The lowest BCUT2D eigenvalue weighted by atomic mass is 10.0. The Morgan fingerprint density at radius 2 is 1.78 bits per heavy atom. The number of halogens is 3. The van der Waals surface area contributed by atoms with E-state index in [-0.39, 0.29) is 12.3 Å². The van der Waals surface area contributed by atoms with E-state index in [0.717, 1.165) is 5.56 Å². The van der Waals surface area contributed by atoms with Gasteiger partial charge in [-0.25, -0.2) is 0 Å². The van der Waals surface area contributed by atoms with Crippen molar-refractivity contribution in [1.82, 2.24) is 0 Å². The molecule has 0 radical (unpaired) electrons. The van der Waals surface area contributed by atoms with Gasteiger partial charge in [0.2, 0.25) is 0 Å². The van der Waals surface area contributed by atoms with Crippen LogP contribution in [0.1, 0.15) is 30.4 Å². The predicted octanol–water partition coefficient (Wildman–Crippen LogP) is 3.06. The number of nitrogens with zero attached hydrogens (tertiary/aromatic N) is 1. The molecule has 0 spiro atoms. The van der Waals surface area contributed by atoms with E-state index < -0.39 is 12.6 Å². The first-order valence-corrected chi connectivity index (χ1v) is 5.56. The first kappa shape index (κ1) is 14.3. The molecule has 0 bridgehead atoms. The molecule has 0 aliphatic rings. The van der Waals surface area contributed by atoms with Gasteiger partial charge >= 0.3 is 6.18 Å². The Balaban J connectivity index is 2.40. The number of alkyl halides is 3. The zero-order valence-corrected chi connectivity index (χ0v) is 9.74. The molecule has 1 aromatic carbocycles. The van der Waals surface area contributed by atoms with Crippen LogP contribution in [0.4, 0.5) is 13.2 Å². The van der Waals surface area contributed by atoms with Crippen molar-refractivity contribution in [1.29, 1.82) is 0 Å². The van der Waals surface area contributed by atoms with Crippen molar-refractivity contribution in [3.05, 3.63) is 35.4 Å². The summed E-state index contributed by atoms with van der Waals surface area (Å²) in [7, 11) is 0. The van der Waals surface area contributed by atoms with E-state index in [4.69, 9.17) is 10.9 Å². The van der Waals surface area contributed by atoms with Crippen LogP contribution < -0.4 is 5.73 Å². The maximum atomic E-state index is 11.9. The maximum Gasteiger partial charge on any atom is 0.389 e. The summed E-state index contributed by atoms with van der Waals surface area (Å²) >= 11 is 0. The van der Waals surface area contributed by atoms with E-state index >= 15 is 0 Å². The molecule has 0 heterocycles. The Morgan fingerprint density at radius 1 is 1.17 bits per heavy atom. The average molecular weight is 260 g/mol. The number of amidine groups is 1. The molecule has 0 saturated carbocycles. The van der Waals surface area contributed by atoms with Gasteiger partial charge in [-0.15, -0.1) is 0 Å². The van der Waals surface area contributed by atoms with Crippen molar-refractivity contribution < 1.29 is 18.4 Å². The highest BCUT2D eigenvalue weighted by molar-refractivity contribution is 5.96. The van der Waals surface area contributed by atoms with Gasteiger partial charge in [0.05, 0.1) is 0 Å². The largest absolute Gasteiger partial charge is 0.409 e. The van der Waals surface area contributed by atoms with Gasteiger partial charge in [0.25, 0.3) is 0 Å². The number of oxime groups is 1. The second kappa shape index (κ2) is 6.28. The highest BCUT2D eigenvalue weighted by Gasteiger charge is 2.25. The molecule has 0 aromatic heterocycles. The predicted molar refractivity (Wildman–Crippen MR) is 62.6 cm³/mol. The van der Waals surface area contributed by atoms with E-state index in [0.29, 0.717) is 18.4 Å². The fourth-order valence-electron chi connectivity index (χ4n) is 1.55. The van der Waals surface area contributed by atoms with Crippen molar-refractivity contribution in [2.24, 2.45) is 10.9 Å². The van der Waals surface area contributed by atoms with Gasteiger partial charge in [0.15, 0.2) is 5.84 Å². The topological polar surface area (TPSA) is 58.6 Å². The van der Waals surface area contributed by atoms with Crippen molar-refractivity contribution in [2.45, 2.75) is 31.9 Å². The second-order valence-electron chi connectivity index (χ2n) is 4.00. The number of nitrogens with two attached hydrogens (primary N) is 1. The number of benzene rings is 1. The highest BCUT2D eigenvalue weighted by Crippen LogP contribution is 2.22. The van der Waals surface area contributed by atoms with Crippen LogP contribution in [0.2, 0.25) is 0 Å². The molecule has 0 saturated heterocycles. The molecule has 0 fully saturated rings. The quantitative estimate of drug-likeness (QED) is 0.281. The minimum atomic E-state index is -4.07. The lowest BCUT2D eigenvalue weighted by molar-refractivity contribution is -0.135. The first-order chi connectivity index (χ1) is 8.42. The number of aryl methyl sites for hydroxylation is 1. The Bertz CT molecular complexity index is 399. The molecule has 0 aliphatic heterocycles.